The Morgan fingerprint density at radius 2 is 1.68 bits per heavy atom. The van der Waals surface area contributed by atoms with Crippen LogP contribution in [0.5, 0.6) is 0 Å². The second kappa shape index (κ2) is 5.83. The maximum Gasteiger partial charge on any atom is 0.130 e. The largest absolute Gasteiger partial charge is 0.363 e. The van der Waals surface area contributed by atoms with E-state index in [4.69, 9.17) is 0 Å². The molecule has 0 aliphatic carbocycles. The average Bonchev–Trinajstić information content (AvgIpc) is 2.39. The molecule has 1 aromatic carbocycles. The second-order valence-corrected chi connectivity index (χ2v) is 5.26. The summed E-state index contributed by atoms with van der Waals surface area (Å²) >= 11 is 0. The van der Waals surface area contributed by atoms with E-state index >= 15 is 0 Å². The zero-order valence-electron chi connectivity index (χ0n) is 12.0. The van der Waals surface area contributed by atoms with Gasteiger partial charge in [-0.15, -0.1) is 0 Å². The standard InChI is InChI=1S/C16H21N3/c1-11(2)15-9-16(18-10-17-15)19-13(4)14-7-5-12(3)6-8-14/h5-11,13H,1-4H3,(H,17,18,19). The van der Waals surface area contributed by atoms with Crippen molar-refractivity contribution in [1.29, 1.82) is 0 Å². The molecular weight excluding hydrogens is 234 g/mol. The lowest BCUT2D eigenvalue weighted by atomic mass is 10.1. The van der Waals surface area contributed by atoms with Crippen molar-refractivity contribution in [3.8, 4) is 0 Å². The van der Waals surface area contributed by atoms with Gasteiger partial charge in [-0.1, -0.05) is 43.7 Å². The number of aromatic nitrogens is 2. The van der Waals surface area contributed by atoms with Gasteiger partial charge in [0.05, 0.1) is 0 Å². The van der Waals surface area contributed by atoms with E-state index in [1.165, 1.54) is 11.1 Å². The number of aryl methyl sites for hydroxylation is 1. The molecule has 0 bridgehead atoms. The second-order valence-electron chi connectivity index (χ2n) is 5.26. The summed E-state index contributed by atoms with van der Waals surface area (Å²) in [6.07, 6.45) is 1.62. The quantitative estimate of drug-likeness (QED) is 0.894. The fourth-order valence-electron chi connectivity index (χ4n) is 1.93. The molecular formula is C16H21N3. The molecule has 3 heteroatoms. The summed E-state index contributed by atoms with van der Waals surface area (Å²) in [6, 6.07) is 10.8. The molecule has 2 aromatic rings. The lowest BCUT2D eigenvalue weighted by Gasteiger charge is -2.16. The summed E-state index contributed by atoms with van der Waals surface area (Å²) in [5.41, 5.74) is 3.60. The van der Waals surface area contributed by atoms with Crippen LogP contribution in [0, 0.1) is 6.92 Å². The molecule has 1 unspecified atom stereocenters. The van der Waals surface area contributed by atoms with Crippen molar-refractivity contribution >= 4 is 5.82 Å². The monoisotopic (exact) mass is 255 g/mol. The first-order chi connectivity index (χ1) is 9.06. The molecule has 1 aromatic heterocycles. The van der Waals surface area contributed by atoms with Gasteiger partial charge in [-0.05, 0) is 25.3 Å². The molecule has 0 amide bonds. The molecule has 0 aliphatic rings. The molecule has 0 spiro atoms. The summed E-state index contributed by atoms with van der Waals surface area (Å²) in [5.74, 6) is 1.30. The van der Waals surface area contributed by atoms with Gasteiger partial charge in [0, 0.05) is 17.8 Å². The number of hydrogen-bond donors (Lipinski definition) is 1. The van der Waals surface area contributed by atoms with Crippen LogP contribution in [0.3, 0.4) is 0 Å². The number of nitrogens with zero attached hydrogens (tertiary/aromatic N) is 2. The average molecular weight is 255 g/mol. The maximum atomic E-state index is 4.28. The summed E-state index contributed by atoms with van der Waals surface area (Å²) < 4.78 is 0. The lowest BCUT2D eigenvalue weighted by Crippen LogP contribution is -2.09. The van der Waals surface area contributed by atoms with Crippen molar-refractivity contribution in [2.45, 2.75) is 39.7 Å². The minimum Gasteiger partial charge on any atom is -0.363 e. The van der Waals surface area contributed by atoms with Crippen molar-refractivity contribution in [1.82, 2.24) is 9.97 Å². The number of benzene rings is 1. The zero-order chi connectivity index (χ0) is 13.8. The minimum absolute atomic E-state index is 0.232. The van der Waals surface area contributed by atoms with Gasteiger partial charge < -0.3 is 5.32 Å². The van der Waals surface area contributed by atoms with E-state index in [9.17, 15) is 0 Å². The third kappa shape index (κ3) is 3.53. The summed E-state index contributed by atoms with van der Waals surface area (Å²) in [5, 5.41) is 3.42. The Morgan fingerprint density at radius 1 is 1.00 bits per heavy atom. The SMILES string of the molecule is Cc1ccc(C(C)Nc2cc(C(C)C)ncn2)cc1. The highest BCUT2D eigenvalue weighted by atomic mass is 15.0. The summed E-state index contributed by atoms with van der Waals surface area (Å²) in [6.45, 7) is 8.51. The third-order valence-corrected chi connectivity index (χ3v) is 3.22. The molecule has 3 nitrogen and oxygen atoms in total. The van der Waals surface area contributed by atoms with Crippen LogP contribution in [0.4, 0.5) is 5.82 Å². The molecule has 0 fully saturated rings. The number of nitrogens with one attached hydrogen (secondary N) is 1. The molecule has 100 valence electrons. The molecule has 19 heavy (non-hydrogen) atoms. The molecule has 2 rings (SSSR count). The predicted molar refractivity (Wildman–Crippen MR) is 79.3 cm³/mol. The highest BCUT2D eigenvalue weighted by molar-refractivity contribution is 5.39. The fourth-order valence-corrected chi connectivity index (χ4v) is 1.93. The van der Waals surface area contributed by atoms with Crippen LogP contribution in [0.1, 0.15) is 49.6 Å². The Morgan fingerprint density at radius 3 is 2.32 bits per heavy atom. The smallest absolute Gasteiger partial charge is 0.130 e. The van der Waals surface area contributed by atoms with Crippen LogP contribution in [-0.2, 0) is 0 Å². The van der Waals surface area contributed by atoms with Gasteiger partial charge in [-0.2, -0.15) is 0 Å². The van der Waals surface area contributed by atoms with E-state index in [1.54, 1.807) is 6.33 Å². The van der Waals surface area contributed by atoms with Crippen LogP contribution in [0.2, 0.25) is 0 Å². The van der Waals surface area contributed by atoms with Crippen LogP contribution in [0.25, 0.3) is 0 Å². The van der Waals surface area contributed by atoms with E-state index in [0.717, 1.165) is 11.5 Å². The van der Waals surface area contributed by atoms with Gasteiger partial charge in [0.1, 0.15) is 12.1 Å². The van der Waals surface area contributed by atoms with Gasteiger partial charge in [0.15, 0.2) is 0 Å². The topological polar surface area (TPSA) is 37.8 Å². The van der Waals surface area contributed by atoms with E-state index < -0.39 is 0 Å². The van der Waals surface area contributed by atoms with Crippen LogP contribution in [-0.4, -0.2) is 9.97 Å². The molecule has 1 heterocycles. The minimum atomic E-state index is 0.232. The summed E-state index contributed by atoms with van der Waals surface area (Å²) in [7, 11) is 0. The molecule has 0 radical (unpaired) electrons. The first-order valence-electron chi connectivity index (χ1n) is 6.71. The highest BCUT2D eigenvalue weighted by Crippen LogP contribution is 2.20. The van der Waals surface area contributed by atoms with E-state index in [1.807, 2.05) is 6.07 Å². The molecule has 0 saturated carbocycles. The van der Waals surface area contributed by atoms with Crippen LogP contribution in [0.15, 0.2) is 36.7 Å². The fraction of sp³-hybridized carbons (Fsp3) is 0.375. The number of anilines is 1. The van der Waals surface area contributed by atoms with Crippen molar-refractivity contribution in [3.63, 3.8) is 0 Å². The van der Waals surface area contributed by atoms with Gasteiger partial charge in [0.25, 0.3) is 0 Å². The third-order valence-electron chi connectivity index (χ3n) is 3.22. The number of rotatable bonds is 4. The van der Waals surface area contributed by atoms with Crippen LogP contribution >= 0.6 is 0 Å². The first kappa shape index (κ1) is 13.5. The molecule has 0 saturated heterocycles. The van der Waals surface area contributed by atoms with E-state index in [-0.39, 0.29) is 6.04 Å². The Bertz CT molecular complexity index is 532. The highest BCUT2D eigenvalue weighted by Gasteiger charge is 2.07. The number of hydrogen-bond acceptors (Lipinski definition) is 3. The van der Waals surface area contributed by atoms with Crippen molar-refractivity contribution in [2.24, 2.45) is 0 Å². The Hall–Kier alpha value is -1.90. The first-order valence-corrected chi connectivity index (χ1v) is 6.71. The molecule has 1 atom stereocenters. The molecule has 1 N–H and O–H groups in total. The van der Waals surface area contributed by atoms with Crippen LogP contribution < -0.4 is 5.32 Å². The van der Waals surface area contributed by atoms with Gasteiger partial charge in [0.2, 0.25) is 0 Å². The van der Waals surface area contributed by atoms with Crippen molar-refractivity contribution in [2.75, 3.05) is 5.32 Å². The van der Waals surface area contributed by atoms with E-state index in [0.29, 0.717) is 5.92 Å². The van der Waals surface area contributed by atoms with Gasteiger partial charge in [-0.3, -0.25) is 0 Å². The normalized spacial score (nSPS) is 12.5. The molecule has 0 aliphatic heterocycles. The maximum absolute atomic E-state index is 4.28. The van der Waals surface area contributed by atoms with Crippen molar-refractivity contribution < 1.29 is 0 Å². The van der Waals surface area contributed by atoms with Gasteiger partial charge in [-0.25, -0.2) is 9.97 Å². The Labute approximate surface area is 115 Å². The van der Waals surface area contributed by atoms with E-state index in [2.05, 4.69) is 67.2 Å². The van der Waals surface area contributed by atoms with Crippen molar-refractivity contribution in [3.05, 3.63) is 53.5 Å². The lowest BCUT2D eigenvalue weighted by molar-refractivity contribution is 0.807. The Kier molecular flexibility index (Phi) is 4.15. The summed E-state index contributed by atoms with van der Waals surface area (Å²) in [4.78, 5) is 8.56. The van der Waals surface area contributed by atoms with Gasteiger partial charge >= 0.3 is 0 Å². The zero-order valence-corrected chi connectivity index (χ0v) is 12.0. The Balaban J connectivity index is 2.12. The predicted octanol–water partition coefficient (Wildman–Crippen LogP) is 4.08.